The van der Waals surface area contributed by atoms with Gasteiger partial charge in [0.1, 0.15) is 0 Å². The van der Waals surface area contributed by atoms with E-state index in [4.69, 9.17) is 18.9 Å². The third-order valence-corrected chi connectivity index (χ3v) is 6.05. The van der Waals surface area contributed by atoms with Crippen LogP contribution in [0.2, 0.25) is 0 Å². The minimum absolute atomic E-state index is 0.102. The number of rotatable bonds is 5. The Bertz CT molecular complexity index is 1240. The lowest BCUT2D eigenvalue weighted by molar-refractivity contribution is -0.136. The zero-order valence-corrected chi connectivity index (χ0v) is 19.2. The fourth-order valence-corrected chi connectivity index (χ4v) is 4.48. The molecule has 0 spiro atoms. The molecule has 34 heavy (non-hydrogen) atoms. The average molecular weight is 463 g/mol. The Morgan fingerprint density at radius 1 is 1.21 bits per heavy atom. The molecule has 5 rings (SSSR count). The summed E-state index contributed by atoms with van der Waals surface area (Å²) >= 11 is 0. The maximum Gasteiger partial charge on any atom is 0.336 e. The molecule has 0 saturated heterocycles. The zero-order chi connectivity index (χ0) is 23.7. The van der Waals surface area contributed by atoms with Gasteiger partial charge in [0, 0.05) is 25.4 Å². The largest absolute Gasteiger partial charge is 0.492 e. The number of esters is 1. The van der Waals surface area contributed by atoms with E-state index in [1.807, 2.05) is 48.3 Å². The van der Waals surface area contributed by atoms with E-state index in [0.29, 0.717) is 48.2 Å². The smallest absolute Gasteiger partial charge is 0.336 e. The highest BCUT2D eigenvalue weighted by atomic mass is 16.7. The standard InChI is InChI=1S/C24H25N5O5/c1-28-10-9-16-11-18-21(34-14-33-18)22(31-2)19(16)20(17(13-28)24(30)32-3)23-25-26-27-29(23)12-15-7-5-4-6-8-15/h4-8,11,13,20H,9-10,12,14H2,1-3H3/b17-13+. The molecule has 10 heteroatoms. The summed E-state index contributed by atoms with van der Waals surface area (Å²) in [6.45, 7) is 1.22. The van der Waals surface area contributed by atoms with Crippen molar-refractivity contribution in [3.8, 4) is 17.2 Å². The molecule has 2 aromatic carbocycles. The average Bonchev–Trinajstić information content (AvgIpc) is 3.50. The van der Waals surface area contributed by atoms with E-state index in [9.17, 15) is 4.79 Å². The quantitative estimate of drug-likeness (QED) is 0.527. The molecular weight excluding hydrogens is 438 g/mol. The van der Waals surface area contributed by atoms with Gasteiger partial charge >= 0.3 is 5.97 Å². The normalized spacial score (nSPS) is 18.4. The molecule has 1 atom stereocenters. The van der Waals surface area contributed by atoms with Crippen LogP contribution >= 0.6 is 0 Å². The predicted octanol–water partition coefficient (Wildman–Crippen LogP) is 2.14. The number of aromatic nitrogens is 4. The van der Waals surface area contributed by atoms with Crippen molar-refractivity contribution in [2.45, 2.75) is 18.9 Å². The van der Waals surface area contributed by atoms with E-state index in [2.05, 4.69) is 15.5 Å². The predicted molar refractivity (Wildman–Crippen MR) is 121 cm³/mol. The number of nitrogens with zero attached hydrogens (tertiary/aromatic N) is 5. The maximum atomic E-state index is 13.1. The molecule has 1 unspecified atom stereocenters. The van der Waals surface area contributed by atoms with E-state index < -0.39 is 11.9 Å². The Morgan fingerprint density at radius 2 is 2.03 bits per heavy atom. The summed E-state index contributed by atoms with van der Waals surface area (Å²) in [5.41, 5.74) is 3.15. The fraction of sp³-hybridized carbons (Fsp3) is 0.333. The molecule has 3 heterocycles. The number of benzene rings is 2. The van der Waals surface area contributed by atoms with E-state index in [-0.39, 0.29) is 6.79 Å². The van der Waals surface area contributed by atoms with Gasteiger partial charge in [-0.25, -0.2) is 9.48 Å². The molecule has 1 aromatic heterocycles. The van der Waals surface area contributed by atoms with Crippen molar-refractivity contribution in [2.75, 3.05) is 34.6 Å². The molecule has 0 bridgehead atoms. The molecular formula is C24H25N5O5. The number of carbonyl (C=O) groups excluding carboxylic acids is 1. The highest BCUT2D eigenvalue weighted by Gasteiger charge is 2.38. The first-order valence-corrected chi connectivity index (χ1v) is 10.9. The Labute approximate surface area is 196 Å². The summed E-state index contributed by atoms with van der Waals surface area (Å²) in [6, 6.07) is 11.8. The molecule has 3 aromatic rings. The summed E-state index contributed by atoms with van der Waals surface area (Å²) in [7, 11) is 4.86. The number of likely N-dealkylation sites (N-methyl/N-ethyl adjacent to an activating group) is 1. The van der Waals surface area contributed by atoms with Gasteiger partial charge in [-0.1, -0.05) is 30.3 Å². The Balaban J connectivity index is 1.75. The van der Waals surface area contributed by atoms with Gasteiger partial charge < -0.3 is 23.8 Å². The van der Waals surface area contributed by atoms with Crippen LogP contribution in [0.15, 0.2) is 48.2 Å². The number of hydrogen-bond acceptors (Lipinski definition) is 9. The van der Waals surface area contributed by atoms with Crippen LogP contribution in [0.3, 0.4) is 0 Å². The highest BCUT2D eigenvalue weighted by Crippen LogP contribution is 2.50. The molecule has 2 aliphatic rings. The zero-order valence-electron chi connectivity index (χ0n) is 19.2. The molecule has 0 saturated carbocycles. The van der Waals surface area contributed by atoms with Crippen LogP contribution in [0.4, 0.5) is 0 Å². The molecule has 176 valence electrons. The van der Waals surface area contributed by atoms with Gasteiger partial charge in [0.2, 0.25) is 12.5 Å². The van der Waals surface area contributed by atoms with Crippen LogP contribution in [0, 0.1) is 0 Å². The molecule has 0 N–H and O–H groups in total. The van der Waals surface area contributed by atoms with Crippen molar-refractivity contribution < 1.29 is 23.7 Å². The highest BCUT2D eigenvalue weighted by molar-refractivity contribution is 5.91. The second-order valence-corrected chi connectivity index (χ2v) is 8.14. The number of carbonyl (C=O) groups is 1. The summed E-state index contributed by atoms with van der Waals surface area (Å²) in [5.74, 6) is 0.987. The van der Waals surface area contributed by atoms with E-state index in [1.54, 1.807) is 18.0 Å². The van der Waals surface area contributed by atoms with Crippen molar-refractivity contribution in [3.05, 3.63) is 70.7 Å². The third-order valence-electron chi connectivity index (χ3n) is 6.05. The topological polar surface area (TPSA) is 101 Å². The molecule has 0 aliphatic carbocycles. The Hall–Kier alpha value is -4.08. The number of methoxy groups -OCH3 is 2. The lowest BCUT2D eigenvalue weighted by atomic mass is 9.84. The van der Waals surface area contributed by atoms with Crippen molar-refractivity contribution in [1.82, 2.24) is 25.1 Å². The SMILES string of the molecule is COC(=O)/C1=C/N(C)CCc2cc3c(c(OC)c2C1c1nnnn1Cc1ccccc1)OCO3. The number of fused-ring (bicyclic) bond motifs is 2. The van der Waals surface area contributed by atoms with Crippen LogP contribution in [-0.4, -0.2) is 65.7 Å². The summed E-state index contributed by atoms with van der Waals surface area (Å²) in [5, 5.41) is 12.6. The van der Waals surface area contributed by atoms with Crippen LogP contribution in [-0.2, 0) is 22.5 Å². The van der Waals surface area contributed by atoms with Gasteiger partial charge in [-0.15, -0.1) is 5.10 Å². The first-order chi connectivity index (χ1) is 16.6. The second kappa shape index (κ2) is 9.05. The van der Waals surface area contributed by atoms with E-state index >= 15 is 0 Å². The molecule has 10 nitrogen and oxygen atoms in total. The lowest BCUT2D eigenvalue weighted by Gasteiger charge is -2.29. The first-order valence-electron chi connectivity index (χ1n) is 10.9. The Kier molecular flexibility index (Phi) is 5.79. The minimum Gasteiger partial charge on any atom is -0.492 e. The first kappa shape index (κ1) is 21.7. The lowest BCUT2D eigenvalue weighted by Crippen LogP contribution is -2.27. The van der Waals surface area contributed by atoms with Crippen LogP contribution in [0.5, 0.6) is 17.2 Å². The summed E-state index contributed by atoms with van der Waals surface area (Å²) < 4.78 is 24.1. The molecule has 2 aliphatic heterocycles. The van der Waals surface area contributed by atoms with Crippen molar-refractivity contribution in [3.63, 3.8) is 0 Å². The van der Waals surface area contributed by atoms with E-state index in [1.165, 1.54) is 7.11 Å². The fourth-order valence-electron chi connectivity index (χ4n) is 4.48. The Morgan fingerprint density at radius 3 is 2.79 bits per heavy atom. The number of hydrogen-bond donors (Lipinski definition) is 0. The minimum atomic E-state index is -0.659. The van der Waals surface area contributed by atoms with Crippen LogP contribution in [0.1, 0.15) is 28.4 Å². The number of tetrazole rings is 1. The van der Waals surface area contributed by atoms with Crippen LogP contribution in [0.25, 0.3) is 0 Å². The summed E-state index contributed by atoms with van der Waals surface area (Å²) in [4.78, 5) is 15.1. The van der Waals surface area contributed by atoms with Crippen molar-refractivity contribution >= 4 is 5.97 Å². The van der Waals surface area contributed by atoms with Crippen molar-refractivity contribution in [2.24, 2.45) is 0 Å². The third kappa shape index (κ3) is 3.81. The van der Waals surface area contributed by atoms with Gasteiger partial charge in [0.05, 0.1) is 32.3 Å². The maximum absolute atomic E-state index is 13.1. The monoisotopic (exact) mass is 463 g/mol. The van der Waals surface area contributed by atoms with Crippen molar-refractivity contribution in [1.29, 1.82) is 0 Å². The second-order valence-electron chi connectivity index (χ2n) is 8.14. The van der Waals surface area contributed by atoms with Gasteiger partial charge in [-0.2, -0.15) is 0 Å². The summed E-state index contributed by atoms with van der Waals surface area (Å²) in [6.07, 6.45) is 2.49. The molecule has 0 amide bonds. The van der Waals surface area contributed by atoms with E-state index in [0.717, 1.165) is 16.7 Å². The van der Waals surface area contributed by atoms with Gasteiger partial charge in [-0.05, 0) is 34.0 Å². The molecule has 0 fully saturated rings. The van der Waals surface area contributed by atoms with Crippen LogP contribution < -0.4 is 14.2 Å². The van der Waals surface area contributed by atoms with Gasteiger partial charge in [0.15, 0.2) is 17.3 Å². The van der Waals surface area contributed by atoms with Gasteiger partial charge in [-0.3, -0.25) is 0 Å². The number of ether oxygens (including phenoxy) is 4. The molecule has 0 radical (unpaired) electrons. The van der Waals surface area contributed by atoms with Gasteiger partial charge in [0.25, 0.3) is 0 Å².